The van der Waals surface area contributed by atoms with Crippen LogP contribution in [0.2, 0.25) is 0 Å². The van der Waals surface area contributed by atoms with Gasteiger partial charge in [0.25, 0.3) is 21.6 Å². The van der Waals surface area contributed by atoms with Crippen molar-refractivity contribution in [2.45, 2.75) is 31.1 Å². The first-order valence-corrected chi connectivity index (χ1v) is 11.1. The van der Waals surface area contributed by atoms with Crippen LogP contribution in [0.25, 0.3) is 10.4 Å². The molecule has 0 fully saturated rings. The smallest absolute Gasteiger partial charge is 0.300 e. The Morgan fingerprint density at radius 3 is 2.57 bits per heavy atom. The van der Waals surface area contributed by atoms with Crippen LogP contribution in [0.3, 0.4) is 0 Å². The highest BCUT2D eigenvalue weighted by Crippen LogP contribution is 2.34. The van der Waals surface area contributed by atoms with Gasteiger partial charge in [-0.05, 0) is 25.1 Å². The molecule has 0 aromatic carbocycles. The fraction of sp³-hybridized carbons (Fsp3) is 0.263. The zero-order valence-electron chi connectivity index (χ0n) is 16.6. The Balaban J connectivity index is 0.000000589. The average molecular weight is 449 g/mol. The molecule has 0 unspecified atom stereocenters. The van der Waals surface area contributed by atoms with Crippen molar-refractivity contribution in [1.29, 1.82) is 0 Å². The number of sulfonamides is 1. The Labute approximate surface area is 177 Å². The lowest BCUT2D eigenvalue weighted by Crippen LogP contribution is -2.27. The fourth-order valence-electron chi connectivity index (χ4n) is 2.92. The number of nitrogens with zero attached hydrogens (tertiary/aromatic N) is 4. The number of thiophene rings is 1. The van der Waals surface area contributed by atoms with Crippen molar-refractivity contribution in [2.75, 3.05) is 0 Å². The van der Waals surface area contributed by atoms with Gasteiger partial charge in [-0.3, -0.25) is 19.1 Å². The van der Waals surface area contributed by atoms with Gasteiger partial charge in [-0.25, -0.2) is 13.4 Å². The maximum Gasteiger partial charge on any atom is 0.300 e. The van der Waals surface area contributed by atoms with E-state index in [1.807, 2.05) is 12.1 Å². The Morgan fingerprint density at radius 2 is 1.93 bits per heavy atom. The van der Waals surface area contributed by atoms with Gasteiger partial charge in [0, 0.05) is 43.4 Å². The van der Waals surface area contributed by atoms with Gasteiger partial charge in [-0.2, -0.15) is 4.31 Å². The first-order valence-electron chi connectivity index (χ1n) is 8.86. The van der Waals surface area contributed by atoms with Gasteiger partial charge in [0.2, 0.25) is 0 Å². The van der Waals surface area contributed by atoms with Gasteiger partial charge in [0.05, 0.1) is 17.8 Å². The summed E-state index contributed by atoms with van der Waals surface area (Å²) in [6.07, 6.45) is 3.37. The summed E-state index contributed by atoms with van der Waals surface area (Å²) >= 11 is 1.20. The zero-order chi connectivity index (χ0) is 22.1. The monoisotopic (exact) mass is 448 g/mol. The topological polar surface area (TPSA) is 122 Å². The molecule has 0 atom stereocenters. The minimum atomic E-state index is -3.69. The lowest BCUT2D eigenvalue weighted by molar-refractivity contribution is -0.134. The molecule has 3 aromatic heterocycles. The predicted molar refractivity (Wildman–Crippen MR) is 112 cm³/mol. The van der Waals surface area contributed by atoms with E-state index in [0.29, 0.717) is 17.1 Å². The van der Waals surface area contributed by atoms with Crippen LogP contribution in [-0.4, -0.2) is 38.3 Å². The molecule has 0 radical (unpaired) electrons. The average Bonchev–Trinajstić information content (AvgIpc) is 3.35. The third-order valence-electron chi connectivity index (χ3n) is 4.48. The summed E-state index contributed by atoms with van der Waals surface area (Å²) in [5.74, 6) is -0.261. The molecule has 1 aliphatic rings. The van der Waals surface area contributed by atoms with Crippen molar-refractivity contribution in [1.82, 2.24) is 18.8 Å². The Bertz CT molecular complexity index is 1250. The second-order valence-corrected chi connectivity index (χ2v) is 9.85. The first kappa shape index (κ1) is 21.8. The number of carboxylic acids is 1. The number of carboxylic acid groups (broad SMARTS) is 1. The molecule has 0 saturated carbocycles. The molecule has 1 aliphatic heterocycles. The molecule has 11 heteroatoms. The van der Waals surface area contributed by atoms with E-state index in [4.69, 9.17) is 9.90 Å². The molecular formula is C19H20N4O5S2. The number of rotatable bonds is 3. The quantitative estimate of drug-likeness (QED) is 0.650. The lowest BCUT2D eigenvalue weighted by atomic mass is 10.2. The second-order valence-electron chi connectivity index (χ2n) is 6.60. The largest absolute Gasteiger partial charge is 0.481 e. The minimum absolute atomic E-state index is 0.0533. The van der Waals surface area contributed by atoms with Crippen molar-refractivity contribution in [3.8, 4) is 10.4 Å². The van der Waals surface area contributed by atoms with Crippen LogP contribution in [0.1, 0.15) is 24.0 Å². The molecule has 0 aliphatic carbocycles. The molecule has 0 bridgehead atoms. The Hall–Kier alpha value is -2.89. The highest BCUT2D eigenvalue weighted by atomic mass is 32.2. The molecule has 9 nitrogen and oxygen atoms in total. The fourth-order valence-corrected chi connectivity index (χ4v) is 5.74. The summed E-state index contributed by atoms with van der Waals surface area (Å²) < 4.78 is 29.0. The summed E-state index contributed by atoms with van der Waals surface area (Å²) in [4.78, 5) is 30.6. The van der Waals surface area contributed by atoms with Gasteiger partial charge in [-0.15, -0.1) is 11.3 Å². The van der Waals surface area contributed by atoms with Gasteiger partial charge in [0.1, 0.15) is 10.0 Å². The number of fused-ring (bicyclic) bond motifs is 1. The molecule has 1 N–H and O–H groups in total. The molecule has 3 aromatic rings. The number of hydrogen-bond donors (Lipinski definition) is 1. The third kappa shape index (κ3) is 4.32. The van der Waals surface area contributed by atoms with Crippen LogP contribution < -0.4 is 5.56 Å². The van der Waals surface area contributed by atoms with Crippen LogP contribution in [0.15, 0.2) is 45.7 Å². The van der Waals surface area contributed by atoms with E-state index < -0.39 is 16.0 Å². The van der Waals surface area contributed by atoms with Crippen LogP contribution >= 0.6 is 11.3 Å². The van der Waals surface area contributed by atoms with E-state index in [1.54, 1.807) is 38.5 Å². The number of hydrogen-bond acceptors (Lipinski definition) is 7. The van der Waals surface area contributed by atoms with Gasteiger partial charge >= 0.3 is 0 Å². The molecule has 4 heterocycles. The first-order chi connectivity index (χ1) is 14.1. The van der Waals surface area contributed by atoms with Crippen molar-refractivity contribution in [3.05, 3.63) is 64.1 Å². The van der Waals surface area contributed by atoms with E-state index in [-0.39, 0.29) is 22.9 Å². The molecular weight excluding hydrogens is 428 g/mol. The van der Waals surface area contributed by atoms with Crippen molar-refractivity contribution < 1.29 is 18.3 Å². The predicted octanol–water partition coefficient (Wildman–Crippen LogP) is 2.01. The number of pyridine rings is 1. The van der Waals surface area contributed by atoms with Crippen LogP contribution in [-0.2, 0) is 35.0 Å². The summed E-state index contributed by atoms with van der Waals surface area (Å²) in [6, 6.07) is 7.07. The highest BCUT2D eigenvalue weighted by molar-refractivity contribution is 7.91. The van der Waals surface area contributed by atoms with Gasteiger partial charge in [-0.1, -0.05) is 6.07 Å². The van der Waals surface area contributed by atoms with Crippen LogP contribution in [0.5, 0.6) is 0 Å². The van der Waals surface area contributed by atoms with Crippen molar-refractivity contribution in [3.63, 3.8) is 0 Å². The second kappa shape index (κ2) is 8.46. The van der Waals surface area contributed by atoms with E-state index >= 15 is 0 Å². The van der Waals surface area contributed by atoms with E-state index in [9.17, 15) is 13.2 Å². The van der Waals surface area contributed by atoms with E-state index in [2.05, 4.69) is 9.97 Å². The SMILES string of the molecule is CC(=O)O.Cc1nc2c(c(=O)n1C)CN(S(=O)(=O)c1ccc(-c3cccnc3)s1)C2. The van der Waals surface area contributed by atoms with Gasteiger partial charge < -0.3 is 5.11 Å². The number of aromatic nitrogens is 3. The highest BCUT2D eigenvalue weighted by Gasteiger charge is 2.34. The molecule has 0 saturated heterocycles. The van der Waals surface area contributed by atoms with Gasteiger partial charge in [0.15, 0.2) is 0 Å². The van der Waals surface area contributed by atoms with Crippen LogP contribution in [0, 0.1) is 6.92 Å². The standard InChI is InChI=1S/C17H16N4O3S2.C2H4O2/c1-11-19-14-10-21(9-13(14)17(22)20(11)2)26(23,24)16-6-5-15(25-16)12-4-3-7-18-8-12;1-2(3)4/h3-8H,9-10H2,1-2H3;1H3,(H,3,4). The van der Waals surface area contributed by atoms with E-state index in [0.717, 1.165) is 17.4 Å². The number of carbonyl (C=O) groups is 1. The minimum Gasteiger partial charge on any atom is -0.481 e. The normalized spacial score (nSPS) is 13.4. The lowest BCUT2D eigenvalue weighted by Gasteiger charge is -2.13. The van der Waals surface area contributed by atoms with Crippen molar-refractivity contribution in [2.24, 2.45) is 7.05 Å². The summed E-state index contributed by atoms with van der Waals surface area (Å²) in [7, 11) is -2.05. The molecule has 158 valence electrons. The molecule has 0 amide bonds. The number of aryl methyl sites for hydroxylation is 1. The summed E-state index contributed by atoms with van der Waals surface area (Å²) in [5.41, 5.74) is 1.67. The maximum atomic E-state index is 13.0. The molecule has 0 spiro atoms. The summed E-state index contributed by atoms with van der Waals surface area (Å²) in [6.45, 7) is 2.99. The molecule has 30 heavy (non-hydrogen) atoms. The molecule has 4 rings (SSSR count). The zero-order valence-corrected chi connectivity index (χ0v) is 18.2. The third-order valence-corrected chi connectivity index (χ3v) is 7.87. The Morgan fingerprint density at radius 1 is 1.23 bits per heavy atom. The van der Waals surface area contributed by atoms with Crippen molar-refractivity contribution >= 4 is 27.3 Å². The summed E-state index contributed by atoms with van der Waals surface area (Å²) in [5, 5.41) is 7.42. The maximum absolute atomic E-state index is 13.0. The number of aliphatic carboxylic acids is 1. The van der Waals surface area contributed by atoms with E-state index in [1.165, 1.54) is 20.2 Å². The van der Waals surface area contributed by atoms with Crippen LogP contribution in [0.4, 0.5) is 0 Å². The Kier molecular flexibility index (Phi) is 6.15.